The zero-order chi connectivity index (χ0) is 9.80. The third kappa shape index (κ3) is 2.49. The Labute approximate surface area is 89.0 Å². The summed E-state index contributed by atoms with van der Waals surface area (Å²) in [5.41, 5.74) is 1.10. The van der Waals surface area contributed by atoms with Crippen LogP contribution in [0.5, 0.6) is 0 Å². The van der Waals surface area contributed by atoms with Crippen LogP contribution in [0.2, 0.25) is 0 Å². The van der Waals surface area contributed by atoms with Crippen molar-refractivity contribution in [1.82, 2.24) is 9.78 Å². The fourth-order valence-electron chi connectivity index (χ4n) is 1.77. The van der Waals surface area contributed by atoms with Crippen molar-refractivity contribution < 1.29 is 4.74 Å². The number of nitrogens with zero attached hydrogens (tertiary/aromatic N) is 2. The van der Waals surface area contributed by atoms with Gasteiger partial charge in [-0.3, -0.25) is 4.68 Å². The summed E-state index contributed by atoms with van der Waals surface area (Å²) in [5.74, 6) is 1.26. The quantitative estimate of drug-likeness (QED) is 0.721. The smallest absolute Gasteiger partial charge is 0.0533 e. The summed E-state index contributed by atoms with van der Waals surface area (Å²) in [6.45, 7) is 2.79. The molecule has 1 saturated heterocycles. The number of aromatic nitrogens is 2. The zero-order valence-corrected chi connectivity index (χ0v) is 8.91. The fourth-order valence-corrected chi connectivity index (χ4v) is 1.91. The van der Waals surface area contributed by atoms with Crippen LogP contribution in [-0.2, 0) is 17.2 Å². The molecule has 3 nitrogen and oxygen atoms in total. The highest BCUT2D eigenvalue weighted by molar-refractivity contribution is 6.17. The highest BCUT2D eigenvalue weighted by atomic mass is 35.5. The maximum atomic E-state index is 5.71. The van der Waals surface area contributed by atoms with E-state index < -0.39 is 0 Å². The van der Waals surface area contributed by atoms with Crippen molar-refractivity contribution in [3.8, 4) is 0 Å². The first-order valence-corrected chi connectivity index (χ1v) is 5.57. The predicted molar refractivity (Wildman–Crippen MR) is 55.3 cm³/mol. The van der Waals surface area contributed by atoms with E-state index in [4.69, 9.17) is 16.3 Å². The highest BCUT2D eigenvalue weighted by Crippen LogP contribution is 2.16. The van der Waals surface area contributed by atoms with Gasteiger partial charge in [0.25, 0.3) is 0 Å². The number of ether oxygens (including phenoxy) is 1. The van der Waals surface area contributed by atoms with E-state index in [1.165, 1.54) is 0 Å². The monoisotopic (exact) mass is 214 g/mol. The summed E-state index contributed by atoms with van der Waals surface area (Å²) >= 11 is 5.71. The minimum absolute atomic E-state index is 0.549. The number of halogens is 1. The van der Waals surface area contributed by atoms with Crippen molar-refractivity contribution in [3.05, 3.63) is 18.0 Å². The van der Waals surface area contributed by atoms with E-state index in [0.29, 0.717) is 11.8 Å². The van der Waals surface area contributed by atoms with Crippen molar-refractivity contribution in [2.75, 3.05) is 13.2 Å². The van der Waals surface area contributed by atoms with Gasteiger partial charge in [0.15, 0.2) is 0 Å². The topological polar surface area (TPSA) is 27.1 Å². The largest absolute Gasteiger partial charge is 0.381 e. The Kier molecular flexibility index (Phi) is 3.43. The molecule has 0 aromatic carbocycles. The molecule has 1 fully saturated rings. The minimum atomic E-state index is 0.549. The number of hydrogen-bond donors (Lipinski definition) is 0. The van der Waals surface area contributed by atoms with Gasteiger partial charge in [0.05, 0.1) is 12.1 Å². The van der Waals surface area contributed by atoms with Crippen molar-refractivity contribution >= 4 is 11.6 Å². The molecule has 1 aliphatic heterocycles. The second kappa shape index (κ2) is 4.80. The molecule has 1 aromatic heterocycles. The van der Waals surface area contributed by atoms with Gasteiger partial charge in [-0.1, -0.05) is 0 Å². The standard InChI is InChI=1S/C10H15ClN2O/c11-5-10-6-12-13(8-10)7-9-1-3-14-4-2-9/h6,8-9H,1-5,7H2. The van der Waals surface area contributed by atoms with E-state index in [-0.39, 0.29) is 0 Å². The molecule has 0 unspecified atom stereocenters. The molecule has 0 spiro atoms. The third-order valence-electron chi connectivity index (χ3n) is 2.63. The molecule has 0 radical (unpaired) electrons. The van der Waals surface area contributed by atoms with Gasteiger partial charge in [-0.15, -0.1) is 11.6 Å². The Bertz CT molecular complexity index is 281. The van der Waals surface area contributed by atoms with Crippen LogP contribution in [0.25, 0.3) is 0 Å². The maximum Gasteiger partial charge on any atom is 0.0533 e. The van der Waals surface area contributed by atoms with Crippen molar-refractivity contribution in [3.63, 3.8) is 0 Å². The van der Waals surface area contributed by atoms with Gasteiger partial charge < -0.3 is 4.74 Å². The SMILES string of the molecule is ClCc1cnn(CC2CCOCC2)c1. The number of hydrogen-bond acceptors (Lipinski definition) is 2. The van der Waals surface area contributed by atoms with Crippen molar-refractivity contribution in [1.29, 1.82) is 0 Å². The number of rotatable bonds is 3. The van der Waals surface area contributed by atoms with Gasteiger partial charge >= 0.3 is 0 Å². The van der Waals surface area contributed by atoms with Crippen LogP contribution < -0.4 is 0 Å². The molecule has 0 aliphatic carbocycles. The fraction of sp³-hybridized carbons (Fsp3) is 0.700. The lowest BCUT2D eigenvalue weighted by Gasteiger charge is -2.21. The normalized spacial score (nSPS) is 18.6. The Morgan fingerprint density at radius 1 is 1.50 bits per heavy atom. The molecule has 14 heavy (non-hydrogen) atoms. The average Bonchev–Trinajstić information content (AvgIpc) is 2.67. The summed E-state index contributed by atoms with van der Waals surface area (Å²) in [7, 11) is 0. The third-order valence-corrected chi connectivity index (χ3v) is 2.94. The second-order valence-electron chi connectivity index (χ2n) is 3.76. The lowest BCUT2D eigenvalue weighted by Crippen LogP contribution is -2.20. The van der Waals surface area contributed by atoms with Gasteiger partial charge in [0.1, 0.15) is 0 Å². The van der Waals surface area contributed by atoms with E-state index in [0.717, 1.165) is 38.2 Å². The molecule has 0 bridgehead atoms. The van der Waals surface area contributed by atoms with Gasteiger partial charge in [0.2, 0.25) is 0 Å². The van der Waals surface area contributed by atoms with E-state index in [9.17, 15) is 0 Å². The molecule has 1 aliphatic rings. The molecule has 0 saturated carbocycles. The number of alkyl halides is 1. The van der Waals surface area contributed by atoms with E-state index in [1.807, 2.05) is 17.1 Å². The van der Waals surface area contributed by atoms with E-state index >= 15 is 0 Å². The Hall–Kier alpha value is -0.540. The first kappa shape index (κ1) is 9.99. The van der Waals surface area contributed by atoms with Crippen LogP contribution in [0.3, 0.4) is 0 Å². The summed E-state index contributed by atoms with van der Waals surface area (Å²) in [5, 5.41) is 4.27. The Balaban J connectivity index is 1.89. The predicted octanol–water partition coefficient (Wildman–Crippen LogP) is 2.05. The van der Waals surface area contributed by atoms with Crippen LogP contribution in [-0.4, -0.2) is 23.0 Å². The lowest BCUT2D eigenvalue weighted by molar-refractivity contribution is 0.0601. The first-order valence-electron chi connectivity index (χ1n) is 5.03. The van der Waals surface area contributed by atoms with Crippen LogP contribution in [0, 0.1) is 5.92 Å². The van der Waals surface area contributed by atoms with Gasteiger partial charge in [-0.25, -0.2) is 0 Å². The molecule has 0 N–H and O–H groups in total. The van der Waals surface area contributed by atoms with Gasteiger partial charge in [-0.05, 0) is 18.8 Å². The van der Waals surface area contributed by atoms with E-state index in [1.54, 1.807) is 0 Å². The summed E-state index contributed by atoms with van der Waals surface area (Å²) < 4.78 is 7.31. The maximum absolute atomic E-state index is 5.71. The first-order chi connectivity index (χ1) is 6.88. The molecule has 2 heterocycles. The molecule has 2 rings (SSSR count). The summed E-state index contributed by atoms with van der Waals surface area (Å²) in [6, 6.07) is 0. The molecule has 0 atom stereocenters. The van der Waals surface area contributed by atoms with Gasteiger partial charge in [-0.2, -0.15) is 5.10 Å². The average molecular weight is 215 g/mol. The van der Waals surface area contributed by atoms with E-state index in [2.05, 4.69) is 5.10 Å². The zero-order valence-electron chi connectivity index (χ0n) is 8.16. The second-order valence-corrected chi connectivity index (χ2v) is 4.03. The molecule has 78 valence electrons. The Morgan fingerprint density at radius 2 is 2.29 bits per heavy atom. The molecular formula is C10H15ClN2O. The van der Waals surface area contributed by atoms with Gasteiger partial charge in [0, 0.05) is 31.5 Å². The van der Waals surface area contributed by atoms with Crippen LogP contribution in [0.15, 0.2) is 12.4 Å². The molecule has 1 aromatic rings. The lowest BCUT2D eigenvalue weighted by atomic mass is 10.0. The van der Waals surface area contributed by atoms with Crippen molar-refractivity contribution in [2.24, 2.45) is 5.92 Å². The van der Waals surface area contributed by atoms with Crippen LogP contribution in [0.4, 0.5) is 0 Å². The highest BCUT2D eigenvalue weighted by Gasteiger charge is 2.14. The summed E-state index contributed by atoms with van der Waals surface area (Å²) in [4.78, 5) is 0. The summed E-state index contributed by atoms with van der Waals surface area (Å²) in [6.07, 6.45) is 6.17. The molecule has 0 amide bonds. The molecular weight excluding hydrogens is 200 g/mol. The van der Waals surface area contributed by atoms with Crippen LogP contribution >= 0.6 is 11.6 Å². The van der Waals surface area contributed by atoms with Crippen molar-refractivity contribution in [2.45, 2.75) is 25.3 Å². The Morgan fingerprint density at radius 3 is 2.93 bits per heavy atom. The van der Waals surface area contributed by atoms with Crippen LogP contribution in [0.1, 0.15) is 18.4 Å². The molecule has 4 heteroatoms. The minimum Gasteiger partial charge on any atom is -0.381 e.